The second kappa shape index (κ2) is 8.50. The predicted molar refractivity (Wildman–Crippen MR) is 113 cm³/mol. The van der Waals surface area contributed by atoms with E-state index in [0.717, 1.165) is 11.3 Å². The summed E-state index contributed by atoms with van der Waals surface area (Å²) in [5.74, 6) is 0.782. The van der Waals surface area contributed by atoms with Gasteiger partial charge in [0.25, 0.3) is 10.0 Å². The zero-order valence-corrected chi connectivity index (χ0v) is 17.6. The van der Waals surface area contributed by atoms with Gasteiger partial charge in [-0.1, -0.05) is 5.16 Å². The third-order valence-electron chi connectivity index (χ3n) is 3.80. The van der Waals surface area contributed by atoms with Crippen molar-refractivity contribution >= 4 is 50.8 Å². The molecule has 10 heteroatoms. The average Bonchev–Trinajstić information content (AvgIpc) is 3.28. The number of hydrogen-bond acceptors (Lipinski definition) is 7. The maximum absolute atomic E-state index is 12.6. The highest BCUT2D eigenvalue weighted by Gasteiger charge is 2.17. The molecule has 0 aliphatic heterocycles. The van der Waals surface area contributed by atoms with Gasteiger partial charge >= 0.3 is 0 Å². The van der Waals surface area contributed by atoms with Crippen LogP contribution < -0.4 is 14.8 Å². The van der Waals surface area contributed by atoms with Crippen LogP contribution in [-0.2, 0) is 14.8 Å². The number of rotatable bonds is 7. The van der Waals surface area contributed by atoms with E-state index in [4.69, 9.17) is 9.26 Å². The fourth-order valence-electron chi connectivity index (χ4n) is 2.42. The van der Waals surface area contributed by atoms with Gasteiger partial charge in [0.2, 0.25) is 5.91 Å². The number of ether oxygens (including phenoxy) is 1. The van der Waals surface area contributed by atoms with Gasteiger partial charge in [-0.3, -0.25) is 9.52 Å². The molecule has 0 atom stereocenters. The van der Waals surface area contributed by atoms with Gasteiger partial charge in [-0.25, -0.2) is 8.42 Å². The predicted octanol–water partition coefficient (Wildman–Crippen LogP) is 3.98. The van der Waals surface area contributed by atoms with Crippen LogP contribution in [0, 0.1) is 6.92 Å². The number of aromatic nitrogens is 1. The molecule has 2 N–H and O–H groups in total. The molecule has 0 radical (unpaired) electrons. The summed E-state index contributed by atoms with van der Waals surface area (Å²) < 4.78 is 38.2. The minimum absolute atomic E-state index is 0.170. The van der Waals surface area contributed by atoms with Crippen molar-refractivity contribution in [2.24, 2.45) is 0 Å². The van der Waals surface area contributed by atoms with Crippen LogP contribution in [0.4, 0.5) is 11.4 Å². The number of nitrogens with zero attached hydrogens (tertiary/aromatic N) is 1. The van der Waals surface area contributed by atoms with Crippen molar-refractivity contribution in [1.82, 2.24) is 5.16 Å². The number of nitrogens with one attached hydrogen (secondary N) is 2. The Balaban J connectivity index is 1.76. The van der Waals surface area contributed by atoms with Crippen LogP contribution >= 0.6 is 11.3 Å². The Labute approximate surface area is 172 Å². The van der Waals surface area contributed by atoms with Crippen LogP contribution in [0.5, 0.6) is 5.75 Å². The van der Waals surface area contributed by atoms with E-state index >= 15 is 0 Å². The van der Waals surface area contributed by atoms with E-state index in [0.29, 0.717) is 33.5 Å². The maximum Gasteiger partial charge on any atom is 0.271 e. The summed E-state index contributed by atoms with van der Waals surface area (Å²) in [5.41, 5.74) is 1.48. The van der Waals surface area contributed by atoms with Gasteiger partial charge in [-0.2, -0.15) is 0 Å². The molecule has 0 fully saturated rings. The number of amides is 1. The first-order valence-electron chi connectivity index (χ1n) is 8.47. The Hall–Kier alpha value is -3.11. The highest BCUT2D eigenvalue weighted by atomic mass is 32.2. The van der Waals surface area contributed by atoms with Crippen LogP contribution in [0.1, 0.15) is 23.3 Å². The molecule has 0 bridgehead atoms. The Morgan fingerprint density at radius 2 is 1.90 bits per heavy atom. The lowest BCUT2D eigenvalue weighted by atomic mass is 10.2. The largest absolute Gasteiger partial charge is 0.497 e. The number of benzene rings is 1. The first-order valence-corrected chi connectivity index (χ1v) is 10.8. The van der Waals surface area contributed by atoms with Crippen LogP contribution in [-0.4, -0.2) is 26.6 Å². The van der Waals surface area contributed by atoms with Crippen LogP contribution in [0.15, 0.2) is 45.1 Å². The number of aryl methyl sites for hydroxylation is 1. The lowest BCUT2D eigenvalue weighted by Crippen LogP contribution is -2.11. The topological polar surface area (TPSA) is 111 Å². The molecular formula is C19H19N3O5S2. The first kappa shape index (κ1) is 20.6. The van der Waals surface area contributed by atoms with E-state index < -0.39 is 10.0 Å². The van der Waals surface area contributed by atoms with Gasteiger partial charge in [0, 0.05) is 17.5 Å². The average molecular weight is 434 g/mol. The Kier molecular flexibility index (Phi) is 6.04. The number of thiophene rings is 1. The minimum Gasteiger partial charge on any atom is -0.497 e. The van der Waals surface area contributed by atoms with Gasteiger partial charge in [0.05, 0.1) is 7.11 Å². The van der Waals surface area contributed by atoms with Crippen molar-refractivity contribution in [3.8, 4) is 5.75 Å². The number of hydrogen-bond donors (Lipinski definition) is 2. The molecule has 3 aromatic rings. The number of anilines is 2. The van der Waals surface area contributed by atoms with Gasteiger partial charge < -0.3 is 14.6 Å². The number of sulfonamides is 1. The summed E-state index contributed by atoms with van der Waals surface area (Å²) in [5, 5.41) is 6.50. The van der Waals surface area contributed by atoms with E-state index in [2.05, 4.69) is 15.2 Å². The molecule has 0 saturated carbocycles. The molecule has 2 aromatic heterocycles. The van der Waals surface area contributed by atoms with Gasteiger partial charge in [0.1, 0.15) is 21.3 Å². The molecule has 3 rings (SSSR count). The summed E-state index contributed by atoms with van der Waals surface area (Å²) in [6, 6.07) is 9.81. The van der Waals surface area contributed by atoms with E-state index in [1.807, 2.05) is 0 Å². The molecule has 29 heavy (non-hydrogen) atoms. The third kappa shape index (κ3) is 5.04. The summed E-state index contributed by atoms with van der Waals surface area (Å²) in [4.78, 5) is 12.0. The molecule has 8 nitrogen and oxygen atoms in total. The molecule has 1 amide bonds. The molecule has 1 aromatic carbocycles. The molecule has 2 heterocycles. The van der Waals surface area contributed by atoms with E-state index in [1.54, 1.807) is 56.5 Å². The van der Waals surface area contributed by atoms with Gasteiger partial charge in [0.15, 0.2) is 5.76 Å². The summed E-state index contributed by atoms with van der Waals surface area (Å²) >= 11 is 1.10. The van der Waals surface area contributed by atoms with Crippen molar-refractivity contribution < 1.29 is 22.5 Å². The second-order valence-electron chi connectivity index (χ2n) is 6.01. The normalized spacial score (nSPS) is 11.6. The SMILES string of the molecule is COc1ccc(NS(=O)(=O)c2ccc(/C=C/c3onc(C)c3NC(C)=O)s2)cc1. The Bertz CT molecular complexity index is 1140. The minimum atomic E-state index is -3.71. The lowest BCUT2D eigenvalue weighted by molar-refractivity contribution is -0.114. The van der Waals surface area contributed by atoms with Crippen LogP contribution in [0.2, 0.25) is 0 Å². The molecule has 0 aliphatic carbocycles. The summed E-state index contributed by atoms with van der Waals surface area (Å²) in [6.45, 7) is 3.11. The molecule has 152 valence electrons. The third-order valence-corrected chi connectivity index (χ3v) is 6.72. The number of carbonyl (C=O) groups is 1. The molecule has 0 spiro atoms. The number of carbonyl (C=O) groups excluding carboxylic acids is 1. The van der Waals surface area contributed by atoms with Crippen molar-refractivity contribution in [2.75, 3.05) is 17.1 Å². The highest BCUT2D eigenvalue weighted by molar-refractivity contribution is 7.94. The van der Waals surface area contributed by atoms with Crippen LogP contribution in [0.25, 0.3) is 12.2 Å². The maximum atomic E-state index is 12.6. The van der Waals surface area contributed by atoms with Gasteiger partial charge in [-0.05, 0) is 55.5 Å². The zero-order valence-electron chi connectivity index (χ0n) is 15.9. The van der Waals surface area contributed by atoms with E-state index in [-0.39, 0.29) is 10.1 Å². The lowest BCUT2D eigenvalue weighted by Gasteiger charge is -2.06. The monoisotopic (exact) mass is 433 g/mol. The second-order valence-corrected chi connectivity index (χ2v) is 9.04. The van der Waals surface area contributed by atoms with Gasteiger partial charge in [-0.15, -0.1) is 11.3 Å². The smallest absolute Gasteiger partial charge is 0.271 e. The molecule has 0 unspecified atom stereocenters. The Morgan fingerprint density at radius 3 is 2.55 bits per heavy atom. The highest BCUT2D eigenvalue weighted by Crippen LogP contribution is 2.28. The molecule has 0 saturated heterocycles. The van der Waals surface area contributed by atoms with Crippen molar-refractivity contribution in [1.29, 1.82) is 0 Å². The number of methoxy groups -OCH3 is 1. The van der Waals surface area contributed by atoms with Crippen molar-refractivity contribution in [3.05, 3.63) is 52.7 Å². The standard InChI is InChI=1S/C19H19N3O5S2/c1-12-19(20-13(2)23)17(27-21-12)10-8-16-9-11-18(28-16)29(24,25)22-14-4-6-15(26-3)7-5-14/h4-11,22H,1-3H3,(H,20,23)/b10-8+. The Morgan fingerprint density at radius 1 is 1.17 bits per heavy atom. The quantitative estimate of drug-likeness (QED) is 0.583. The first-order chi connectivity index (χ1) is 13.8. The van der Waals surface area contributed by atoms with E-state index in [9.17, 15) is 13.2 Å². The van der Waals surface area contributed by atoms with E-state index in [1.165, 1.54) is 13.0 Å². The summed E-state index contributed by atoms with van der Waals surface area (Å²) in [7, 11) is -2.17. The molecule has 0 aliphatic rings. The molecular weight excluding hydrogens is 414 g/mol. The fraction of sp³-hybridized carbons (Fsp3) is 0.158. The fourth-order valence-corrected chi connectivity index (χ4v) is 4.71. The van der Waals surface area contributed by atoms with Crippen LogP contribution in [0.3, 0.4) is 0 Å². The summed E-state index contributed by atoms with van der Waals surface area (Å²) in [6.07, 6.45) is 3.33. The van der Waals surface area contributed by atoms with Crippen molar-refractivity contribution in [2.45, 2.75) is 18.1 Å². The van der Waals surface area contributed by atoms with Crippen molar-refractivity contribution in [3.63, 3.8) is 0 Å². The zero-order chi connectivity index (χ0) is 21.0.